The molecule has 0 radical (unpaired) electrons. The fraction of sp³-hybridized carbons (Fsp3) is 0.889. The van der Waals surface area contributed by atoms with Crippen molar-refractivity contribution in [2.75, 3.05) is 19.6 Å². The number of hydrogen-bond donors (Lipinski definition) is 0. The molecule has 1 aliphatic heterocycles. The van der Waals surface area contributed by atoms with Gasteiger partial charge in [0.1, 0.15) is 0 Å². The molecule has 0 aromatic carbocycles. The molecule has 1 saturated heterocycles. The van der Waals surface area contributed by atoms with Crippen molar-refractivity contribution in [1.82, 2.24) is 0 Å². The first-order chi connectivity index (χ1) is 5.33. The van der Waals surface area contributed by atoms with Crippen LogP contribution in [0, 0.1) is 0 Å². The first kappa shape index (κ1) is 8.72. The summed E-state index contributed by atoms with van der Waals surface area (Å²) in [6.07, 6.45) is 6.23. The minimum atomic E-state index is 0.708. The third-order valence-corrected chi connectivity index (χ3v) is 2.81. The molecule has 1 heterocycles. The van der Waals surface area contributed by atoms with Gasteiger partial charge in [-0.25, -0.2) is 4.79 Å². The molecule has 1 aliphatic rings. The first-order valence-electron chi connectivity index (χ1n) is 4.65. The van der Waals surface area contributed by atoms with Gasteiger partial charge in [0.25, 0.3) is 0 Å². The molecule has 2 nitrogen and oxygen atoms in total. The van der Waals surface area contributed by atoms with Crippen LogP contribution in [0.4, 0.5) is 0 Å². The Balaban J connectivity index is 2.55. The van der Waals surface area contributed by atoms with Gasteiger partial charge in [-0.2, -0.15) is 0 Å². The van der Waals surface area contributed by atoms with Gasteiger partial charge in [0.2, 0.25) is 0 Å². The van der Waals surface area contributed by atoms with E-state index in [9.17, 15) is 4.79 Å². The Morgan fingerprint density at radius 3 is 2.09 bits per heavy atom. The number of amides is 1. The van der Waals surface area contributed by atoms with Crippen LogP contribution in [0.2, 0.25) is 0 Å². The van der Waals surface area contributed by atoms with E-state index in [1.807, 2.05) is 0 Å². The van der Waals surface area contributed by atoms with Crippen LogP contribution in [-0.2, 0) is 4.79 Å². The Bertz CT molecular complexity index is 126. The van der Waals surface area contributed by atoms with Gasteiger partial charge in [-0.3, -0.25) is 4.48 Å². The van der Waals surface area contributed by atoms with Crippen LogP contribution < -0.4 is 0 Å². The summed E-state index contributed by atoms with van der Waals surface area (Å²) < 4.78 is 0.708. The lowest BCUT2D eigenvalue weighted by Gasteiger charge is -2.28. The summed E-state index contributed by atoms with van der Waals surface area (Å²) in [4.78, 5) is 10.8. The summed E-state index contributed by atoms with van der Waals surface area (Å²) in [6, 6.07) is 0. The van der Waals surface area contributed by atoms with Crippen LogP contribution in [0.25, 0.3) is 0 Å². The van der Waals surface area contributed by atoms with E-state index in [4.69, 9.17) is 0 Å². The lowest BCUT2D eigenvalue weighted by atomic mass is 10.2. The van der Waals surface area contributed by atoms with Gasteiger partial charge in [0, 0.05) is 0 Å². The smallest absolute Gasteiger partial charge is 0.263 e. The zero-order valence-corrected chi connectivity index (χ0v) is 7.38. The molecule has 0 bridgehead atoms. The van der Waals surface area contributed by atoms with Gasteiger partial charge in [-0.05, 0) is 32.6 Å². The molecule has 64 valence electrons. The largest absolute Gasteiger partial charge is 0.301 e. The normalized spacial score (nSPS) is 24.1. The van der Waals surface area contributed by atoms with Crippen molar-refractivity contribution in [2.45, 2.75) is 32.6 Å². The molecule has 0 aromatic heterocycles. The molecule has 0 aliphatic carbocycles. The SMILES string of the molecule is CC[N+]1(C=O)CCCCCC1. The molecular weight excluding hydrogens is 138 g/mol. The van der Waals surface area contributed by atoms with Gasteiger partial charge < -0.3 is 0 Å². The standard InChI is InChI=1S/C9H18NO/c1-2-10(9-11)7-5-3-4-6-8-10/h9H,2-8H2,1H3/q+1. The predicted molar refractivity (Wildman–Crippen MR) is 45.1 cm³/mol. The summed E-state index contributed by atoms with van der Waals surface area (Å²) in [5, 5.41) is 0. The quantitative estimate of drug-likeness (QED) is 0.438. The van der Waals surface area contributed by atoms with Crippen molar-refractivity contribution in [3.63, 3.8) is 0 Å². The molecule has 0 N–H and O–H groups in total. The minimum Gasteiger partial charge on any atom is -0.263 e. The van der Waals surface area contributed by atoms with Crippen molar-refractivity contribution in [1.29, 1.82) is 0 Å². The van der Waals surface area contributed by atoms with E-state index in [2.05, 4.69) is 6.92 Å². The number of carbonyl (C=O) groups excluding carboxylic acids is 1. The van der Waals surface area contributed by atoms with E-state index in [-0.39, 0.29) is 0 Å². The highest BCUT2D eigenvalue weighted by Gasteiger charge is 2.25. The van der Waals surface area contributed by atoms with Crippen LogP contribution in [-0.4, -0.2) is 30.5 Å². The zero-order chi connectivity index (χ0) is 8.16. The summed E-state index contributed by atoms with van der Waals surface area (Å²) in [5.41, 5.74) is 0. The fourth-order valence-electron chi connectivity index (χ4n) is 1.81. The average molecular weight is 156 g/mol. The molecule has 1 fully saturated rings. The van der Waals surface area contributed by atoms with Crippen LogP contribution in [0.3, 0.4) is 0 Å². The molecule has 2 heteroatoms. The Kier molecular flexibility index (Phi) is 3.06. The Morgan fingerprint density at radius 1 is 1.18 bits per heavy atom. The Hall–Kier alpha value is -0.370. The van der Waals surface area contributed by atoms with Gasteiger partial charge in [-0.15, -0.1) is 0 Å². The Morgan fingerprint density at radius 2 is 1.73 bits per heavy atom. The second kappa shape index (κ2) is 3.86. The number of likely N-dealkylation sites (tertiary alicyclic amines) is 1. The van der Waals surface area contributed by atoms with E-state index in [1.54, 1.807) is 0 Å². The van der Waals surface area contributed by atoms with Gasteiger partial charge >= 0.3 is 6.41 Å². The third-order valence-electron chi connectivity index (χ3n) is 2.81. The highest BCUT2D eigenvalue weighted by Crippen LogP contribution is 2.15. The lowest BCUT2D eigenvalue weighted by molar-refractivity contribution is -0.843. The van der Waals surface area contributed by atoms with Crippen LogP contribution in [0.15, 0.2) is 0 Å². The number of hydrogen-bond acceptors (Lipinski definition) is 1. The maximum atomic E-state index is 10.8. The van der Waals surface area contributed by atoms with Gasteiger partial charge in [-0.1, -0.05) is 0 Å². The molecular formula is C9H18NO+. The lowest BCUT2D eigenvalue weighted by Crippen LogP contribution is -2.47. The van der Waals surface area contributed by atoms with Crippen molar-refractivity contribution in [2.24, 2.45) is 0 Å². The van der Waals surface area contributed by atoms with Crippen molar-refractivity contribution in [3.05, 3.63) is 0 Å². The highest BCUT2D eigenvalue weighted by atomic mass is 16.1. The molecule has 1 rings (SSSR count). The maximum Gasteiger partial charge on any atom is 0.301 e. The second-order valence-electron chi connectivity index (χ2n) is 3.50. The number of quaternary nitrogens is 1. The summed E-state index contributed by atoms with van der Waals surface area (Å²) >= 11 is 0. The number of nitrogens with zero attached hydrogens (tertiary/aromatic N) is 1. The molecule has 0 saturated carbocycles. The fourth-order valence-corrected chi connectivity index (χ4v) is 1.81. The summed E-state index contributed by atoms with van der Waals surface area (Å²) in [5.74, 6) is 0. The van der Waals surface area contributed by atoms with Crippen molar-refractivity contribution < 1.29 is 9.28 Å². The van der Waals surface area contributed by atoms with Crippen molar-refractivity contribution >= 4 is 6.41 Å². The van der Waals surface area contributed by atoms with E-state index >= 15 is 0 Å². The van der Waals surface area contributed by atoms with Crippen LogP contribution in [0.5, 0.6) is 0 Å². The van der Waals surface area contributed by atoms with Crippen LogP contribution in [0.1, 0.15) is 32.6 Å². The van der Waals surface area contributed by atoms with Gasteiger partial charge in [0.05, 0.1) is 19.6 Å². The Labute approximate surface area is 68.8 Å². The predicted octanol–water partition coefficient (Wildman–Crippen LogP) is 1.55. The molecule has 0 unspecified atom stereocenters. The molecule has 0 atom stereocenters. The van der Waals surface area contributed by atoms with Crippen molar-refractivity contribution in [3.8, 4) is 0 Å². The molecule has 0 spiro atoms. The van der Waals surface area contributed by atoms with E-state index in [0.29, 0.717) is 4.48 Å². The zero-order valence-electron chi connectivity index (χ0n) is 7.38. The topological polar surface area (TPSA) is 17.1 Å². The summed E-state index contributed by atoms with van der Waals surface area (Å²) in [7, 11) is 0. The average Bonchev–Trinajstić information content (AvgIpc) is 2.30. The summed E-state index contributed by atoms with van der Waals surface area (Å²) in [6.45, 7) is 5.23. The van der Waals surface area contributed by atoms with Crippen LogP contribution >= 0.6 is 0 Å². The van der Waals surface area contributed by atoms with Gasteiger partial charge in [0.15, 0.2) is 0 Å². The number of rotatable bonds is 2. The highest BCUT2D eigenvalue weighted by molar-refractivity contribution is 5.37. The van der Waals surface area contributed by atoms with E-state index in [1.165, 1.54) is 25.7 Å². The monoisotopic (exact) mass is 156 g/mol. The third kappa shape index (κ3) is 2.03. The first-order valence-corrected chi connectivity index (χ1v) is 4.65. The molecule has 0 aromatic rings. The van der Waals surface area contributed by atoms with E-state index in [0.717, 1.165) is 26.0 Å². The molecule has 11 heavy (non-hydrogen) atoms. The minimum absolute atomic E-state index is 0.708. The number of carbonyl (C=O) groups is 1. The molecule has 1 amide bonds. The van der Waals surface area contributed by atoms with E-state index < -0.39 is 0 Å². The maximum absolute atomic E-state index is 10.8. The second-order valence-corrected chi connectivity index (χ2v) is 3.50.